The third kappa shape index (κ3) is 0.469. The Hall–Kier alpha value is -0.0800. The minimum Gasteiger partial charge on any atom is -0.235 e. The van der Waals surface area contributed by atoms with Crippen LogP contribution in [0.2, 0.25) is 0 Å². The Labute approximate surface area is 43.3 Å². The molecule has 2 bridgehead atoms. The highest BCUT2D eigenvalue weighted by Gasteiger charge is 2.32. The van der Waals surface area contributed by atoms with Crippen molar-refractivity contribution in [1.29, 1.82) is 0 Å². The van der Waals surface area contributed by atoms with Crippen LogP contribution in [0, 0.1) is 0 Å². The quantitative estimate of drug-likeness (QED) is 0.383. The molecule has 0 spiro atoms. The van der Waals surface area contributed by atoms with Gasteiger partial charge in [0.25, 0.3) is 0 Å². The summed E-state index contributed by atoms with van der Waals surface area (Å²) in [5.74, 6) is 0. The molecule has 0 amide bonds. The summed E-state index contributed by atoms with van der Waals surface area (Å²) in [6, 6.07) is 1.26. The number of piperazine rings is 1. The molecule has 0 aromatic rings. The zero-order chi connectivity index (χ0) is 4.69. The Bertz CT molecular complexity index is 64.1. The molecule has 2 nitrogen and oxygen atoms in total. The van der Waals surface area contributed by atoms with Crippen LogP contribution in [0.5, 0.6) is 0 Å². The third-order valence-electron chi connectivity index (χ3n) is 1.69. The third-order valence-corrected chi connectivity index (χ3v) is 1.69. The first kappa shape index (κ1) is 3.87. The molecule has 38 valence electrons. The summed E-state index contributed by atoms with van der Waals surface area (Å²) in [5, 5.41) is 8.62. The van der Waals surface area contributed by atoms with Gasteiger partial charge in [-0.2, -0.15) is 0 Å². The molecule has 2 heterocycles. The Kier molecular flexibility index (Phi) is 0.664. The van der Waals surface area contributed by atoms with Gasteiger partial charge in [-0.05, 0) is 6.42 Å². The highest BCUT2D eigenvalue weighted by atomic mass is 15.1. The minimum absolute atomic E-state index is 0.630. The minimum atomic E-state index is 0.630. The smallest absolute Gasteiger partial charge is 0.0404 e. The van der Waals surface area contributed by atoms with Crippen LogP contribution in [-0.4, -0.2) is 25.2 Å². The average molecular weight is 96.1 g/mol. The SMILES string of the molecule is C1[N]C2C[N]C1C2. The number of nitrogens with zero attached hydrogens (tertiary/aromatic N) is 2. The molecule has 0 aromatic heterocycles. The van der Waals surface area contributed by atoms with Crippen molar-refractivity contribution in [2.45, 2.75) is 18.5 Å². The largest absolute Gasteiger partial charge is 0.235 e. The molecular formula is C5H8N2. The van der Waals surface area contributed by atoms with Gasteiger partial charge in [0.1, 0.15) is 0 Å². The molecule has 2 saturated heterocycles. The van der Waals surface area contributed by atoms with Crippen LogP contribution in [0.15, 0.2) is 0 Å². The fourth-order valence-corrected chi connectivity index (χ4v) is 1.27. The average Bonchev–Trinajstić information content (AvgIpc) is 2.22. The number of hydrogen-bond donors (Lipinski definition) is 0. The maximum Gasteiger partial charge on any atom is 0.0404 e. The van der Waals surface area contributed by atoms with Crippen LogP contribution in [0.25, 0.3) is 0 Å². The van der Waals surface area contributed by atoms with E-state index in [2.05, 4.69) is 10.6 Å². The van der Waals surface area contributed by atoms with Crippen LogP contribution in [-0.2, 0) is 0 Å². The maximum absolute atomic E-state index is 4.31. The lowest BCUT2D eigenvalue weighted by atomic mass is 10.3. The molecule has 2 aliphatic heterocycles. The van der Waals surface area contributed by atoms with Crippen molar-refractivity contribution in [2.24, 2.45) is 0 Å². The van der Waals surface area contributed by atoms with Crippen molar-refractivity contribution in [3.8, 4) is 0 Å². The molecule has 0 N–H and O–H groups in total. The van der Waals surface area contributed by atoms with E-state index in [1.807, 2.05) is 0 Å². The van der Waals surface area contributed by atoms with E-state index in [0.717, 1.165) is 13.1 Å². The van der Waals surface area contributed by atoms with Crippen LogP contribution in [0.4, 0.5) is 0 Å². The molecule has 2 heteroatoms. The van der Waals surface area contributed by atoms with E-state index < -0.39 is 0 Å². The van der Waals surface area contributed by atoms with Crippen molar-refractivity contribution in [2.75, 3.05) is 13.1 Å². The summed E-state index contributed by atoms with van der Waals surface area (Å²) in [6.45, 7) is 2.04. The van der Waals surface area contributed by atoms with Gasteiger partial charge in [0.05, 0.1) is 0 Å². The fraction of sp³-hybridized carbons (Fsp3) is 1.00. The molecule has 0 aliphatic carbocycles. The second-order valence-corrected chi connectivity index (χ2v) is 2.27. The topological polar surface area (TPSA) is 28.2 Å². The highest BCUT2D eigenvalue weighted by molar-refractivity contribution is 4.93. The van der Waals surface area contributed by atoms with E-state index >= 15 is 0 Å². The van der Waals surface area contributed by atoms with E-state index in [9.17, 15) is 0 Å². The molecule has 2 fully saturated rings. The number of hydrogen-bond acceptors (Lipinski definition) is 0. The zero-order valence-electron chi connectivity index (χ0n) is 4.17. The summed E-state index contributed by atoms with van der Waals surface area (Å²) in [7, 11) is 0. The van der Waals surface area contributed by atoms with Gasteiger partial charge in [-0.25, -0.2) is 10.6 Å². The van der Waals surface area contributed by atoms with Crippen LogP contribution in [0.1, 0.15) is 6.42 Å². The van der Waals surface area contributed by atoms with Crippen molar-refractivity contribution in [3.05, 3.63) is 0 Å². The molecular weight excluding hydrogens is 88.1 g/mol. The summed E-state index contributed by atoms with van der Waals surface area (Å²) in [4.78, 5) is 0. The monoisotopic (exact) mass is 96.1 g/mol. The first-order valence-electron chi connectivity index (χ1n) is 2.78. The maximum atomic E-state index is 4.31. The summed E-state index contributed by atoms with van der Waals surface area (Å²) >= 11 is 0. The van der Waals surface area contributed by atoms with Crippen LogP contribution in [0.3, 0.4) is 0 Å². The van der Waals surface area contributed by atoms with Gasteiger partial charge in [-0.3, -0.25) is 0 Å². The van der Waals surface area contributed by atoms with E-state index in [1.54, 1.807) is 0 Å². The molecule has 2 atom stereocenters. The standard InChI is InChI=1S/C5H8N2/c1-4-2-6-5(1)3-7-4/h4-5H,1-3H2. The number of fused-ring (bicyclic) bond motifs is 2. The first-order chi connectivity index (χ1) is 3.45. The van der Waals surface area contributed by atoms with Gasteiger partial charge < -0.3 is 0 Å². The zero-order valence-corrected chi connectivity index (χ0v) is 4.17. The van der Waals surface area contributed by atoms with E-state index in [-0.39, 0.29) is 0 Å². The predicted molar refractivity (Wildman–Crippen MR) is 26.2 cm³/mol. The normalized spacial score (nSPS) is 48.0. The van der Waals surface area contributed by atoms with Crippen molar-refractivity contribution in [3.63, 3.8) is 0 Å². The summed E-state index contributed by atoms with van der Waals surface area (Å²) < 4.78 is 0. The van der Waals surface area contributed by atoms with Gasteiger partial charge in [-0.1, -0.05) is 0 Å². The Balaban J connectivity index is 2.12. The lowest BCUT2D eigenvalue weighted by Crippen LogP contribution is -2.30. The fourth-order valence-electron chi connectivity index (χ4n) is 1.27. The Morgan fingerprint density at radius 2 is 1.57 bits per heavy atom. The van der Waals surface area contributed by atoms with Gasteiger partial charge in [-0.15, -0.1) is 0 Å². The van der Waals surface area contributed by atoms with Crippen LogP contribution < -0.4 is 10.6 Å². The van der Waals surface area contributed by atoms with E-state index in [0.29, 0.717) is 12.1 Å². The Morgan fingerprint density at radius 3 is 1.71 bits per heavy atom. The second kappa shape index (κ2) is 1.20. The molecule has 7 heavy (non-hydrogen) atoms. The van der Waals surface area contributed by atoms with Gasteiger partial charge in [0.2, 0.25) is 0 Å². The molecule has 0 aromatic carbocycles. The summed E-state index contributed by atoms with van der Waals surface area (Å²) in [6.07, 6.45) is 1.25. The molecule has 2 aliphatic rings. The van der Waals surface area contributed by atoms with Crippen molar-refractivity contribution >= 4 is 0 Å². The number of rotatable bonds is 0. The van der Waals surface area contributed by atoms with Gasteiger partial charge >= 0.3 is 0 Å². The van der Waals surface area contributed by atoms with Gasteiger partial charge in [0.15, 0.2) is 0 Å². The van der Waals surface area contributed by atoms with Crippen molar-refractivity contribution < 1.29 is 0 Å². The van der Waals surface area contributed by atoms with E-state index in [4.69, 9.17) is 0 Å². The molecule has 2 radical (unpaired) electrons. The van der Waals surface area contributed by atoms with Crippen LogP contribution >= 0.6 is 0 Å². The molecule has 2 rings (SSSR count). The summed E-state index contributed by atoms with van der Waals surface area (Å²) in [5.41, 5.74) is 0. The molecule has 0 saturated carbocycles. The predicted octanol–water partition coefficient (Wildman–Crippen LogP) is -0.650. The second-order valence-electron chi connectivity index (χ2n) is 2.27. The highest BCUT2D eigenvalue weighted by Crippen LogP contribution is 2.15. The van der Waals surface area contributed by atoms with Gasteiger partial charge in [0, 0.05) is 25.2 Å². The van der Waals surface area contributed by atoms with E-state index in [1.165, 1.54) is 6.42 Å². The lowest BCUT2D eigenvalue weighted by molar-refractivity contribution is 0.511. The first-order valence-corrected chi connectivity index (χ1v) is 2.78. The Morgan fingerprint density at radius 1 is 1.00 bits per heavy atom. The molecule has 2 unspecified atom stereocenters. The lowest BCUT2D eigenvalue weighted by Gasteiger charge is -2.06. The van der Waals surface area contributed by atoms with Crippen molar-refractivity contribution in [1.82, 2.24) is 10.6 Å².